The number of H-pyrrole nitrogens is 1. The summed E-state index contributed by atoms with van der Waals surface area (Å²) in [7, 11) is 0. The summed E-state index contributed by atoms with van der Waals surface area (Å²) in [6, 6.07) is 7.62. The number of carbonyl (C=O) groups is 3. The monoisotopic (exact) mass is 477 g/mol. The highest BCUT2D eigenvalue weighted by molar-refractivity contribution is 6.11. The van der Waals surface area contributed by atoms with Crippen LogP contribution in [0.3, 0.4) is 0 Å². The molecule has 2 aromatic rings. The van der Waals surface area contributed by atoms with Crippen molar-refractivity contribution in [1.29, 1.82) is 0 Å². The molecule has 1 spiro atoms. The Bertz CT molecular complexity index is 1350. The van der Waals surface area contributed by atoms with Crippen LogP contribution >= 0.6 is 0 Å². The second-order valence-electron chi connectivity index (χ2n) is 10.1. The SMILES string of the molecule is C=CC(C)(C)c1[nH]c2ccccc2c1C=C1NC(=O)[C@@]2(C[C@@H]3C(C(=O)O)=C[C@H]2[C@@H](O)[C@@H]3O)NC1=O. The summed E-state index contributed by atoms with van der Waals surface area (Å²) < 4.78 is 0. The van der Waals surface area contributed by atoms with Crippen LogP contribution in [-0.4, -0.2) is 55.8 Å². The van der Waals surface area contributed by atoms with Gasteiger partial charge < -0.3 is 30.9 Å². The Morgan fingerprint density at radius 3 is 2.60 bits per heavy atom. The molecule has 6 rings (SSSR count). The summed E-state index contributed by atoms with van der Waals surface area (Å²) in [6.45, 7) is 7.89. The Kier molecular flexibility index (Phi) is 5.05. The summed E-state index contributed by atoms with van der Waals surface area (Å²) in [5.41, 5.74) is 0.398. The van der Waals surface area contributed by atoms with Gasteiger partial charge in [0.2, 0.25) is 0 Å². The molecule has 2 heterocycles. The van der Waals surface area contributed by atoms with E-state index in [1.54, 1.807) is 12.2 Å². The van der Waals surface area contributed by atoms with Crippen molar-refractivity contribution in [2.75, 3.05) is 0 Å². The molecule has 2 amide bonds. The van der Waals surface area contributed by atoms with Gasteiger partial charge in [-0.15, -0.1) is 6.58 Å². The first kappa shape index (κ1) is 23.1. The number of benzene rings is 1. The Hall–Kier alpha value is -3.69. The topological polar surface area (TPSA) is 152 Å². The first-order valence-corrected chi connectivity index (χ1v) is 11.4. The molecule has 5 atom stereocenters. The Morgan fingerprint density at radius 1 is 1.20 bits per heavy atom. The molecule has 1 aromatic heterocycles. The predicted octanol–water partition coefficient (Wildman–Crippen LogP) is 1.34. The Morgan fingerprint density at radius 2 is 1.91 bits per heavy atom. The van der Waals surface area contributed by atoms with Crippen LogP contribution in [0.15, 0.2) is 54.3 Å². The standard InChI is InChI=1S/C26H27N3O6/c1-4-25(2,3)21-13(12-7-5-6-8-17(12)27-21)10-18-22(32)29-26(24(35)28-18)11-15-14(23(33)34)9-16(26)20(31)19(15)30/h4-10,15-16,19-20,27,30-31H,1,11H2,2-3H3,(H,28,35)(H,29,32)(H,33,34)/t15-,16+,19-,20-,26+/m1/s1. The Labute approximate surface area is 201 Å². The fourth-order valence-corrected chi connectivity index (χ4v) is 5.59. The molecule has 0 radical (unpaired) electrons. The zero-order valence-electron chi connectivity index (χ0n) is 19.3. The molecular formula is C26H27N3O6. The van der Waals surface area contributed by atoms with Crippen molar-refractivity contribution in [1.82, 2.24) is 15.6 Å². The largest absolute Gasteiger partial charge is 0.478 e. The number of aromatic amines is 1. The number of para-hydroxylation sites is 1. The van der Waals surface area contributed by atoms with E-state index in [2.05, 4.69) is 22.2 Å². The zero-order valence-corrected chi connectivity index (χ0v) is 19.3. The number of carboxylic acids is 1. The van der Waals surface area contributed by atoms with Gasteiger partial charge in [0.15, 0.2) is 0 Å². The summed E-state index contributed by atoms with van der Waals surface area (Å²) in [5, 5.41) is 36.8. The van der Waals surface area contributed by atoms with Crippen LogP contribution in [0.5, 0.6) is 0 Å². The number of aliphatic hydroxyl groups is 2. The molecule has 1 saturated heterocycles. The smallest absolute Gasteiger partial charge is 0.331 e. The van der Waals surface area contributed by atoms with E-state index in [0.29, 0.717) is 0 Å². The molecule has 9 nitrogen and oxygen atoms in total. The summed E-state index contributed by atoms with van der Waals surface area (Å²) >= 11 is 0. The minimum atomic E-state index is -1.56. The average Bonchev–Trinajstić information content (AvgIpc) is 3.19. The van der Waals surface area contributed by atoms with Crippen molar-refractivity contribution < 1.29 is 29.7 Å². The highest BCUT2D eigenvalue weighted by Gasteiger charge is 2.62. The third-order valence-corrected chi connectivity index (χ3v) is 7.67. The van der Waals surface area contributed by atoms with Crippen molar-refractivity contribution >= 4 is 34.8 Å². The van der Waals surface area contributed by atoms with Crippen LogP contribution in [0.25, 0.3) is 17.0 Å². The average molecular weight is 478 g/mol. The third kappa shape index (κ3) is 3.26. The molecule has 2 fully saturated rings. The zero-order chi connectivity index (χ0) is 25.3. The molecular weight excluding hydrogens is 450 g/mol. The molecule has 1 aliphatic heterocycles. The van der Waals surface area contributed by atoms with Crippen LogP contribution < -0.4 is 10.6 Å². The number of carbonyl (C=O) groups excluding carboxylic acids is 2. The molecule has 3 aliphatic carbocycles. The molecule has 1 saturated carbocycles. The normalized spacial score (nSPS) is 31.4. The van der Waals surface area contributed by atoms with Crippen LogP contribution in [0.4, 0.5) is 0 Å². The minimum absolute atomic E-state index is 0.0328. The van der Waals surface area contributed by atoms with Crippen molar-refractivity contribution in [3.63, 3.8) is 0 Å². The van der Waals surface area contributed by atoms with Crippen molar-refractivity contribution in [3.8, 4) is 0 Å². The maximum Gasteiger partial charge on any atom is 0.331 e. The maximum absolute atomic E-state index is 13.4. The lowest BCUT2D eigenvalue weighted by molar-refractivity contribution is -0.156. The lowest BCUT2D eigenvalue weighted by Gasteiger charge is -2.54. The van der Waals surface area contributed by atoms with Gasteiger partial charge in [0.05, 0.1) is 12.2 Å². The van der Waals surface area contributed by atoms with E-state index >= 15 is 0 Å². The molecule has 1 aromatic carbocycles. The number of aliphatic hydroxyl groups excluding tert-OH is 2. The number of carboxylic acid groups (broad SMARTS) is 1. The summed E-state index contributed by atoms with van der Waals surface area (Å²) in [6.07, 6.45) is 1.85. The fourth-order valence-electron chi connectivity index (χ4n) is 5.59. The van der Waals surface area contributed by atoms with E-state index in [1.807, 2.05) is 38.1 Å². The molecule has 9 heteroatoms. The summed E-state index contributed by atoms with van der Waals surface area (Å²) in [4.78, 5) is 41.7. The molecule has 2 bridgehead atoms. The van der Waals surface area contributed by atoms with Crippen LogP contribution in [0.1, 0.15) is 31.5 Å². The van der Waals surface area contributed by atoms with E-state index in [0.717, 1.165) is 22.2 Å². The molecule has 0 unspecified atom stereocenters. The van der Waals surface area contributed by atoms with E-state index in [1.165, 1.54) is 6.08 Å². The summed E-state index contributed by atoms with van der Waals surface area (Å²) in [5.74, 6) is -4.41. The third-order valence-electron chi connectivity index (χ3n) is 7.67. The van der Waals surface area contributed by atoms with Crippen LogP contribution in [0.2, 0.25) is 0 Å². The number of fused-ring (bicyclic) bond motifs is 2. The maximum atomic E-state index is 13.4. The van der Waals surface area contributed by atoms with Crippen LogP contribution in [-0.2, 0) is 19.8 Å². The van der Waals surface area contributed by atoms with Crippen molar-refractivity contribution in [2.24, 2.45) is 11.8 Å². The molecule has 6 N–H and O–H groups in total. The number of aliphatic carboxylic acids is 1. The highest BCUT2D eigenvalue weighted by atomic mass is 16.4. The quantitative estimate of drug-likeness (QED) is 0.289. The molecule has 182 valence electrons. The van der Waals surface area contributed by atoms with Gasteiger partial charge in [-0.25, -0.2) is 4.79 Å². The van der Waals surface area contributed by atoms with Gasteiger partial charge in [0.1, 0.15) is 11.2 Å². The van der Waals surface area contributed by atoms with Gasteiger partial charge in [-0.1, -0.05) is 44.2 Å². The van der Waals surface area contributed by atoms with E-state index in [4.69, 9.17) is 0 Å². The predicted molar refractivity (Wildman–Crippen MR) is 128 cm³/mol. The number of aromatic nitrogens is 1. The number of hydrogen-bond acceptors (Lipinski definition) is 5. The van der Waals surface area contributed by atoms with Gasteiger partial charge in [0, 0.05) is 45.0 Å². The number of allylic oxidation sites excluding steroid dienone is 1. The number of amides is 2. The van der Waals surface area contributed by atoms with E-state index < -0.39 is 52.8 Å². The lowest BCUT2D eigenvalue weighted by Crippen LogP contribution is -2.75. The van der Waals surface area contributed by atoms with E-state index in [9.17, 15) is 29.7 Å². The van der Waals surface area contributed by atoms with Crippen molar-refractivity contribution in [3.05, 3.63) is 65.5 Å². The van der Waals surface area contributed by atoms with Gasteiger partial charge in [-0.05, 0) is 18.6 Å². The van der Waals surface area contributed by atoms with Crippen molar-refractivity contribution in [2.45, 2.75) is 43.4 Å². The molecule has 35 heavy (non-hydrogen) atoms. The van der Waals surface area contributed by atoms with Gasteiger partial charge in [0.25, 0.3) is 11.8 Å². The number of hydrogen-bond donors (Lipinski definition) is 6. The molecule has 4 aliphatic rings. The fraction of sp³-hybridized carbons (Fsp3) is 0.346. The number of rotatable bonds is 4. The first-order chi connectivity index (χ1) is 16.5. The first-order valence-electron chi connectivity index (χ1n) is 11.4. The number of nitrogens with one attached hydrogen (secondary N) is 3. The van der Waals surface area contributed by atoms with E-state index in [-0.39, 0.29) is 17.7 Å². The minimum Gasteiger partial charge on any atom is -0.478 e. The highest BCUT2D eigenvalue weighted by Crippen LogP contribution is 2.48. The second kappa shape index (κ2) is 7.66. The van der Waals surface area contributed by atoms with Crippen LogP contribution in [0, 0.1) is 11.8 Å². The number of piperazine rings is 1. The van der Waals surface area contributed by atoms with Gasteiger partial charge in [-0.2, -0.15) is 0 Å². The Balaban J connectivity index is 1.56. The lowest BCUT2D eigenvalue weighted by atomic mass is 9.57. The van der Waals surface area contributed by atoms with Gasteiger partial charge >= 0.3 is 5.97 Å². The second-order valence-corrected chi connectivity index (χ2v) is 10.1. The van der Waals surface area contributed by atoms with Gasteiger partial charge in [-0.3, -0.25) is 9.59 Å².